The van der Waals surface area contributed by atoms with E-state index in [1.54, 1.807) is 11.8 Å². The number of nitrogens with two attached hydrogens (primary N) is 1. The van der Waals surface area contributed by atoms with Crippen LogP contribution in [0.5, 0.6) is 5.75 Å². The first kappa shape index (κ1) is 11.5. The molecule has 0 saturated heterocycles. The Kier molecular flexibility index (Phi) is 3.66. The molecule has 0 aliphatic rings. The third-order valence-corrected chi connectivity index (χ3v) is 2.54. The fraction of sp³-hybridized carbons (Fsp3) is 0.364. The van der Waals surface area contributed by atoms with Crippen molar-refractivity contribution in [3.05, 3.63) is 35.7 Å². The maximum atomic E-state index is 5.53. The van der Waals surface area contributed by atoms with E-state index in [9.17, 15) is 0 Å². The van der Waals surface area contributed by atoms with Gasteiger partial charge < -0.3 is 10.5 Å². The van der Waals surface area contributed by atoms with Gasteiger partial charge in [0.2, 0.25) is 0 Å². The Morgan fingerprint density at radius 2 is 2.29 bits per heavy atom. The van der Waals surface area contributed by atoms with E-state index in [1.165, 1.54) is 5.56 Å². The van der Waals surface area contributed by atoms with Gasteiger partial charge in [-0.25, -0.2) is 4.68 Å². The number of tetrazole rings is 1. The van der Waals surface area contributed by atoms with Gasteiger partial charge in [-0.15, -0.1) is 5.10 Å². The van der Waals surface area contributed by atoms with Crippen molar-refractivity contribution in [2.24, 2.45) is 5.73 Å². The lowest BCUT2D eigenvalue weighted by Gasteiger charge is -2.05. The van der Waals surface area contributed by atoms with Crippen LogP contribution in [-0.2, 0) is 19.5 Å². The molecule has 2 aromatic rings. The summed E-state index contributed by atoms with van der Waals surface area (Å²) in [5.41, 5.74) is 6.71. The van der Waals surface area contributed by atoms with Gasteiger partial charge in [0.1, 0.15) is 5.75 Å². The van der Waals surface area contributed by atoms with Crippen LogP contribution in [-0.4, -0.2) is 27.3 Å². The Hall–Kier alpha value is -1.95. The topological polar surface area (TPSA) is 78.8 Å². The highest BCUT2D eigenvalue weighted by molar-refractivity contribution is 5.28. The fourth-order valence-corrected chi connectivity index (χ4v) is 1.61. The Labute approximate surface area is 99.4 Å². The van der Waals surface area contributed by atoms with E-state index in [1.807, 2.05) is 18.2 Å². The lowest BCUT2D eigenvalue weighted by atomic mass is 10.1. The zero-order valence-electron chi connectivity index (χ0n) is 9.71. The van der Waals surface area contributed by atoms with Crippen molar-refractivity contribution in [3.63, 3.8) is 0 Å². The molecule has 2 N–H and O–H groups in total. The highest BCUT2D eigenvalue weighted by Gasteiger charge is 2.04. The second kappa shape index (κ2) is 5.40. The second-order valence-electron chi connectivity index (χ2n) is 3.62. The van der Waals surface area contributed by atoms with Gasteiger partial charge in [0, 0.05) is 6.54 Å². The SMILES string of the molecule is COc1cccc(CCn2nnnc2CN)c1. The molecule has 0 unspecified atom stereocenters. The Morgan fingerprint density at radius 3 is 3.06 bits per heavy atom. The minimum absolute atomic E-state index is 0.352. The van der Waals surface area contributed by atoms with Crippen LogP contribution in [0.25, 0.3) is 0 Å². The Morgan fingerprint density at radius 1 is 1.41 bits per heavy atom. The van der Waals surface area contributed by atoms with Crippen molar-refractivity contribution >= 4 is 0 Å². The standard InChI is InChI=1S/C11H15N5O/c1-17-10-4-2-3-9(7-10)5-6-16-11(8-12)13-14-15-16/h2-4,7H,5-6,8,12H2,1H3. The van der Waals surface area contributed by atoms with Gasteiger partial charge in [0.05, 0.1) is 13.7 Å². The maximum Gasteiger partial charge on any atom is 0.164 e. The van der Waals surface area contributed by atoms with E-state index in [2.05, 4.69) is 21.6 Å². The number of benzene rings is 1. The fourth-order valence-electron chi connectivity index (χ4n) is 1.61. The van der Waals surface area contributed by atoms with Crippen LogP contribution in [0, 0.1) is 0 Å². The monoisotopic (exact) mass is 233 g/mol. The molecule has 0 aliphatic heterocycles. The van der Waals surface area contributed by atoms with E-state index in [0.29, 0.717) is 18.9 Å². The molecule has 6 nitrogen and oxygen atoms in total. The van der Waals surface area contributed by atoms with E-state index < -0.39 is 0 Å². The lowest BCUT2D eigenvalue weighted by molar-refractivity contribution is 0.414. The number of rotatable bonds is 5. The number of methoxy groups -OCH3 is 1. The number of hydrogen-bond donors (Lipinski definition) is 1. The van der Waals surface area contributed by atoms with E-state index in [0.717, 1.165) is 12.2 Å². The molecular weight excluding hydrogens is 218 g/mol. The van der Waals surface area contributed by atoms with Gasteiger partial charge in [-0.05, 0) is 34.5 Å². The summed E-state index contributed by atoms with van der Waals surface area (Å²) in [6, 6.07) is 7.95. The first-order chi connectivity index (χ1) is 8.33. The summed E-state index contributed by atoms with van der Waals surface area (Å²) in [5, 5.41) is 11.3. The quantitative estimate of drug-likeness (QED) is 0.807. The van der Waals surface area contributed by atoms with Gasteiger partial charge in [0.15, 0.2) is 5.82 Å². The molecule has 0 fully saturated rings. The largest absolute Gasteiger partial charge is 0.497 e. The molecule has 90 valence electrons. The predicted octanol–water partition coefficient (Wildman–Crippen LogP) is 0.383. The zero-order chi connectivity index (χ0) is 12.1. The summed E-state index contributed by atoms with van der Waals surface area (Å²) < 4.78 is 6.89. The molecule has 0 bridgehead atoms. The second-order valence-corrected chi connectivity index (χ2v) is 3.62. The third-order valence-electron chi connectivity index (χ3n) is 2.54. The van der Waals surface area contributed by atoms with Gasteiger partial charge in [0.25, 0.3) is 0 Å². The summed E-state index contributed by atoms with van der Waals surface area (Å²) in [5.74, 6) is 1.56. The van der Waals surface area contributed by atoms with E-state index >= 15 is 0 Å². The first-order valence-corrected chi connectivity index (χ1v) is 5.41. The van der Waals surface area contributed by atoms with Crippen LogP contribution in [0.2, 0.25) is 0 Å². The van der Waals surface area contributed by atoms with Crippen LogP contribution < -0.4 is 10.5 Å². The van der Waals surface area contributed by atoms with Crippen LogP contribution in [0.3, 0.4) is 0 Å². The molecule has 0 radical (unpaired) electrons. The molecule has 1 aromatic carbocycles. The van der Waals surface area contributed by atoms with Crippen molar-refractivity contribution < 1.29 is 4.74 Å². The minimum Gasteiger partial charge on any atom is -0.497 e. The van der Waals surface area contributed by atoms with Crippen molar-refractivity contribution in [1.29, 1.82) is 0 Å². The lowest BCUT2D eigenvalue weighted by Crippen LogP contribution is -2.11. The summed E-state index contributed by atoms with van der Waals surface area (Å²) in [6.07, 6.45) is 0.842. The minimum atomic E-state index is 0.352. The van der Waals surface area contributed by atoms with Crippen LogP contribution in [0.1, 0.15) is 11.4 Å². The highest BCUT2D eigenvalue weighted by atomic mass is 16.5. The highest BCUT2D eigenvalue weighted by Crippen LogP contribution is 2.13. The molecule has 1 aromatic heterocycles. The average molecular weight is 233 g/mol. The number of nitrogens with zero attached hydrogens (tertiary/aromatic N) is 4. The predicted molar refractivity (Wildman–Crippen MR) is 62.4 cm³/mol. The molecular formula is C11H15N5O. The molecule has 1 heterocycles. The maximum absolute atomic E-state index is 5.53. The van der Waals surface area contributed by atoms with Crippen LogP contribution in [0.15, 0.2) is 24.3 Å². The van der Waals surface area contributed by atoms with Crippen LogP contribution in [0.4, 0.5) is 0 Å². The summed E-state index contributed by atoms with van der Waals surface area (Å²) >= 11 is 0. The number of ether oxygens (including phenoxy) is 1. The zero-order valence-corrected chi connectivity index (χ0v) is 9.71. The molecule has 6 heteroatoms. The number of aryl methyl sites for hydroxylation is 2. The Balaban J connectivity index is 2.02. The summed E-state index contributed by atoms with van der Waals surface area (Å²) in [4.78, 5) is 0. The molecule has 0 atom stereocenters. The number of hydrogen-bond acceptors (Lipinski definition) is 5. The molecule has 17 heavy (non-hydrogen) atoms. The van der Waals surface area contributed by atoms with Gasteiger partial charge in [-0.1, -0.05) is 12.1 Å². The van der Waals surface area contributed by atoms with E-state index in [4.69, 9.17) is 10.5 Å². The molecule has 0 spiro atoms. The normalized spacial score (nSPS) is 10.5. The molecule has 0 amide bonds. The van der Waals surface area contributed by atoms with Crippen LogP contribution >= 0.6 is 0 Å². The molecule has 0 aliphatic carbocycles. The van der Waals surface area contributed by atoms with E-state index in [-0.39, 0.29) is 0 Å². The van der Waals surface area contributed by atoms with Gasteiger partial charge in [-0.2, -0.15) is 0 Å². The average Bonchev–Trinajstić information content (AvgIpc) is 2.84. The molecule has 0 saturated carbocycles. The van der Waals surface area contributed by atoms with Gasteiger partial charge >= 0.3 is 0 Å². The summed E-state index contributed by atoms with van der Waals surface area (Å²) in [6.45, 7) is 1.07. The van der Waals surface area contributed by atoms with Crippen molar-refractivity contribution in [1.82, 2.24) is 20.2 Å². The Bertz CT molecular complexity index is 482. The smallest absolute Gasteiger partial charge is 0.164 e. The van der Waals surface area contributed by atoms with Crippen molar-refractivity contribution in [2.75, 3.05) is 7.11 Å². The van der Waals surface area contributed by atoms with Gasteiger partial charge in [-0.3, -0.25) is 0 Å². The molecule has 2 rings (SSSR count). The number of aromatic nitrogens is 4. The van der Waals surface area contributed by atoms with Crippen molar-refractivity contribution in [2.45, 2.75) is 19.5 Å². The summed E-state index contributed by atoms with van der Waals surface area (Å²) in [7, 11) is 1.66. The third kappa shape index (κ3) is 2.79. The van der Waals surface area contributed by atoms with Crippen molar-refractivity contribution in [3.8, 4) is 5.75 Å². The first-order valence-electron chi connectivity index (χ1n) is 5.41.